The molecule has 0 unspecified atom stereocenters. The molecule has 146 heavy (non-hydrogen) atoms. The molecule has 1 heterocycles. The van der Waals surface area contributed by atoms with Crippen LogP contribution in [0.1, 0.15) is 389 Å². The molecule has 20 nitrogen and oxygen atoms in total. The number of nitrogens with zero attached hydrogens (tertiary/aromatic N) is 3. The first kappa shape index (κ1) is 139. The number of epoxide rings is 1. The Bertz CT molecular complexity index is 4280. The van der Waals surface area contributed by atoms with Crippen LogP contribution < -0.4 is 349 Å². The van der Waals surface area contributed by atoms with E-state index in [1.807, 2.05) is 14.0 Å². The van der Waals surface area contributed by atoms with Crippen molar-refractivity contribution in [1.29, 1.82) is 10.5 Å². The van der Waals surface area contributed by atoms with Crippen LogP contribution in [0.5, 0.6) is 0 Å². The van der Waals surface area contributed by atoms with Crippen LogP contribution in [0.2, 0.25) is 0 Å². The summed E-state index contributed by atoms with van der Waals surface area (Å²) in [5, 5.41) is 90.9. The van der Waals surface area contributed by atoms with Crippen LogP contribution in [0.4, 0.5) is 0 Å². The minimum Gasteiger partial charge on any atom is -0.870 e. The van der Waals surface area contributed by atoms with E-state index in [0.717, 1.165) is 262 Å². The third-order valence-corrected chi connectivity index (χ3v) is 51.6. The number of Topliss-reactive ketones (excluding diaryl/α,β-unsaturated/α-hetero) is 1. The fraction of sp³-hybridized carbons (Fsp3) is 0.908. The molecule has 0 amide bonds. The van der Waals surface area contributed by atoms with Crippen LogP contribution in [0.25, 0.3) is 0 Å². The van der Waals surface area contributed by atoms with E-state index < -0.39 is 0 Å². The number of hydrogen-bond acceptors (Lipinski definition) is 19. The van der Waals surface area contributed by atoms with Gasteiger partial charge >= 0.3 is 349 Å². The number of ether oxygens (including phenoxy) is 2. The smallest absolute Gasteiger partial charge is 0.870 e. The molecule has 0 aromatic carbocycles. The van der Waals surface area contributed by atoms with Crippen molar-refractivity contribution >= 4 is 5.78 Å². The molecule has 0 radical (unpaired) electrons. The molecule has 25 aliphatic rings. The Labute approximate surface area is 1180 Å². The molecule has 0 aromatic rings. The van der Waals surface area contributed by atoms with Crippen LogP contribution in [0.3, 0.4) is 0 Å². The van der Waals surface area contributed by atoms with E-state index in [1.165, 1.54) is 167 Å². The zero-order chi connectivity index (χ0) is 94.6. The second kappa shape index (κ2) is 54.0. The molecule has 26 heteroatoms. The number of allylic oxidation sites excluding steroid dienone is 2. The van der Waals surface area contributed by atoms with E-state index in [9.17, 15) is 56.1 Å². The van der Waals surface area contributed by atoms with Gasteiger partial charge in [0, 0.05) is 46.2 Å². The molecule has 23 saturated carbocycles. The Morgan fingerprint density at radius 1 is 0.363 bits per heavy atom. The number of aliphatic hydroxyl groups excluding tert-OH is 6. The van der Waals surface area contributed by atoms with Gasteiger partial charge in [-0.15, -0.1) is 0 Å². The maximum atomic E-state index is 12.2. The first-order valence-electron chi connectivity index (χ1n) is 57.2. The zero-order valence-electron chi connectivity index (χ0n) is 93.9. The molecule has 47 atom stereocenters. The van der Waals surface area contributed by atoms with E-state index in [1.54, 1.807) is 0 Å². The zero-order valence-corrected chi connectivity index (χ0v) is 123. The number of hydrogen-bond donors (Lipinski definition) is 6. The van der Waals surface area contributed by atoms with Crippen LogP contribution in [-0.2, 0) is 14.3 Å². The number of rotatable bonds is 3. The number of nitro groups is 1. The molecule has 800 valence electrons. The summed E-state index contributed by atoms with van der Waals surface area (Å²) >= 11 is 0. The molecule has 0 bridgehead atoms. The number of nitriles is 2. The van der Waals surface area contributed by atoms with E-state index in [0.29, 0.717) is 93.7 Å². The maximum Gasteiger partial charge on any atom is 1.00 e. The third kappa shape index (κ3) is 24.1. The second-order valence-electron chi connectivity index (χ2n) is 55.4. The maximum absolute atomic E-state index is 12.2. The van der Waals surface area contributed by atoms with Gasteiger partial charge in [0.25, 0.3) is 0 Å². The Morgan fingerprint density at radius 2 is 0.658 bits per heavy atom. The van der Waals surface area contributed by atoms with Crippen molar-refractivity contribution in [3.05, 3.63) is 63.3 Å². The predicted molar refractivity (Wildman–Crippen MR) is 539 cm³/mol. The largest absolute Gasteiger partial charge is 1.00 e. The number of carbonyl (C=O) groups excluding carboxylic acids is 1. The summed E-state index contributed by atoms with van der Waals surface area (Å²) in [6.45, 7) is 45.9. The molecule has 24 fully saturated rings. The molecule has 1 aliphatic heterocycles. The molecule has 24 aliphatic carbocycles. The Balaban J connectivity index is 0.000000210. The molecule has 12 N–H and O–H groups in total. The van der Waals surface area contributed by atoms with Crippen molar-refractivity contribution in [3.8, 4) is 12.1 Å². The monoisotopic (exact) mass is 2460 g/mol. The standard InChI is InChI=1S/C21H33O2.C20H30NO.C20H28NO.C20H31O2.C20H33O2.C19H30NO3.6H2O.6Rb/c1-13(22)17-6-7-18-16-5-4-14-12-15(23)8-10-20(14,2)19(16)9-11-21(17,18)3;2*1-19-9-7-15(22)11-13(19)3-5-16-17-6-4-14(12-21)20(17,2)10-8-18(16)19;1-18-8-5-14(21)11-13(18)3-4-15-16(18)6-9-19(2)17(15)7-10-20(19)12-22-20;1-19-10-8-14(21)12-13(19)4-5-15-16-6-7-18(22-3)20(16,2)11-9-17(15)19;1-18-9-7-13(21)11-12(18)3-4-14-15-5-6-17(20(22)23)19(15,2)10-8-16(14)18;;;;;;;;;;;;/h14-19,23H,2,4-12H2,1,3H3;13-18,22H,1,3-11H2,2H3;4,13,15-18,22H,1,3,5-11H2,2H3;13-17,21H,1,3-12H2,2H3;13-18,21H,1,4-12H2,2-3H3;12-17,21H,1,3-11H2,2H3;6*1H2;;;;;;/q6*-1;;;;;;;6*+1/p-6/t14-,15+,16-,17+,18-,19-,20-,21+;13-,14+,15+,16-,17-,18-,19-,20+;13-,15+,16-,17-,18-,19-,20+;13-,14+,15+,16-,17-,18-,19-,20+;13-,14+,15-,16-,17-,18-,19-,20-;12-,13+,14-,15-,16-,17-,18-,19-;;;;;;;;;;;;/m000000............/s1. The topological polar surface area (TPSA) is 431 Å². The fourth-order valence-corrected chi connectivity index (χ4v) is 44.0. The van der Waals surface area contributed by atoms with Gasteiger partial charge in [-0.05, 0) is 312 Å². The van der Waals surface area contributed by atoms with Gasteiger partial charge in [0.1, 0.15) is 5.78 Å². The number of fused-ring (bicyclic) bond motifs is 31. The normalized spacial score (nSPS) is 52.5. The number of aliphatic hydroxyl groups is 6. The average molecular weight is 2460 g/mol. The van der Waals surface area contributed by atoms with Crippen molar-refractivity contribution < 1.29 is 432 Å². The Kier molecular flexibility index (Phi) is 51.4. The summed E-state index contributed by atoms with van der Waals surface area (Å²) in [7, 11) is 1.91. The van der Waals surface area contributed by atoms with Crippen molar-refractivity contribution in [2.75, 3.05) is 13.7 Å². The van der Waals surface area contributed by atoms with Gasteiger partial charge in [0.05, 0.1) is 73.0 Å². The van der Waals surface area contributed by atoms with Gasteiger partial charge in [-0.1, -0.05) is 234 Å². The van der Waals surface area contributed by atoms with Gasteiger partial charge < -0.3 is 115 Å². The molecule has 25 rings (SSSR count). The number of ketones is 1. The summed E-state index contributed by atoms with van der Waals surface area (Å²) in [5.41, 5.74) is 4.01. The Morgan fingerprint density at radius 3 is 1.01 bits per heavy atom. The Hall–Kier alpha value is 8.06. The minimum absolute atomic E-state index is 0. The van der Waals surface area contributed by atoms with Crippen molar-refractivity contribution in [1.82, 2.24) is 0 Å². The van der Waals surface area contributed by atoms with Crippen molar-refractivity contribution in [3.63, 3.8) is 0 Å². The summed E-state index contributed by atoms with van der Waals surface area (Å²) in [6, 6.07) is 4.77. The SMILES string of the molecule is [CH2-][C@]12CC[C@@H](O)C[C@@H]1CC[C@@H]1[C@@H]2CC[C@@]2(C)[C@H]1CC[C@@]21CO1.[CH2-][C@]12CC[C@@H](O)C[C@@H]1CC[C@@H]1[C@@H]2CC[C@]2(C)C(C#N)=CC[C@@H]12.[CH2-][C@]12CC[C@@H](O)C[C@@H]1CC[C@@H]1[C@@H]2CC[C@]2(C)[C@@H](C#N)CC[C@@H]12.[CH2-][C@]12CC[C@@H](O)C[C@@H]1CC[C@@H]1[C@@H]2CC[C@]2(C)[C@@H](C(C)=O)CC[C@@H]12.[CH2-][C@]12CC[C@@H](O)C[C@@H]1CC[C@@H]1[C@@H]2CC[C@]2(C)[C@@H](OC)CC[C@@H]12.[CH2-][C@]12CC[C@@H](O)C[C@@H]1CC[C@@H]1[C@@H]2CC[C@]2(C)[C@@H]([N+](=O)[O-])CC[C@@H]12.[OH-].[OH-].[OH-].[OH-].[OH-].[OH-].[Rb+].[Rb+].[Rb+].[Rb+].[Rb+].[Rb+]. The fourth-order valence-electron chi connectivity index (χ4n) is 44.0. The average Bonchev–Trinajstić information content (AvgIpc) is 1.52. The van der Waals surface area contributed by atoms with E-state index >= 15 is 0 Å². The number of methoxy groups -OCH3 is 1. The van der Waals surface area contributed by atoms with Crippen molar-refractivity contribution in [2.24, 2.45) is 219 Å². The summed E-state index contributed by atoms with van der Waals surface area (Å²) in [5.74, 6) is 18.3. The number of carbonyl (C=O) groups is 1. The molecule has 0 aromatic heterocycles. The minimum atomic E-state index is -0.333. The van der Waals surface area contributed by atoms with Gasteiger partial charge in [-0.3, -0.25) is 14.9 Å². The molecular formula is C120H191N3O17Rb6-6. The van der Waals surface area contributed by atoms with E-state index in [4.69, 9.17) is 51.0 Å². The van der Waals surface area contributed by atoms with E-state index in [2.05, 4.69) is 59.8 Å². The first-order valence-corrected chi connectivity index (χ1v) is 57.2. The van der Waals surface area contributed by atoms with Gasteiger partial charge in [-0.25, -0.2) is 0 Å². The van der Waals surface area contributed by atoms with Gasteiger partial charge in [0.2, 0.25) is 6.04 Å². The first-order chi connectivity index (χ1) is 63.7. The summed E-state index contributed by atoms with van der Waals surface area (Å²) in [6.07, 6.45) is 63.6. The predicted octanol–water partition coefficient (Wildman–Crippen LogP) is 6.02. The van der Waals surface area contributed by atoms with Crippen LogP contribution in [-0.4, -0.2) is 142 Å². The quantitative estimate of drug-likeness (QED) is 0.0813. The van der Waals surface area contributed by atoms with Gasteiger partial charge in [0.15, 0.2) is 0 Å². The van der Waals surface area contributed by atoms with Crippen molar-refractivity contribution in [2.45, 2.75) is 443 Å². The molecular weight excluding hydrogens is 2270 g/mol. The summed E-state index contributed by atoms with van der Waals surface area (Å²) < 4.78 is 11.9. The second-order valence-corrected chi connectivity index (χ2v) is 55.4. The van der Waals surface area contributed by atoms with Crippen LogP contribution >= 0.6 is 0 Å². The summed E-state index contributed by atoms with van der Waals surface area (Å²) in [4.78, 5) is 23.7. The molecule has 1 saturated heterocycles. The van der Waals surface area contributed by atoms with E-state index in [-0.39, 0.29) is 495 Å². The van der Waals surface area contributed by atoms with Crippen LogP contribution in [0.15, 0.2) is 11.6 Å². The van der Waals surface area contributed by atoms with Crippen LogP contribution in [0, 0.1) is 293 Å². The van der Waals surface area contributed by atoms with Gasteiger partial charge in [-0.2, -0.15) is 43.0 Å². The third-order valence-electron chi connectivity index (χ3n) is 51.6. The molecule has 1 spiro atoms.